The molecular weight excluding hydrogens is 254 g/mol. The van der Waals surface area contributed by atoms with Gasteiger partial charge in [0.2, 0.25) is 17.7 Å². The predicted octanol–water partition coefficient (Wildman–Crippen LogP) is 2.82. The lowest BCUT2D eigenvalue weighted by Crippen LogP contribution is -1.99. The van der Waals surface area contributed by atoms with Gasteiger partial charge in [-0.1, -0.05) is 17.7 Å². The van der Waals surface area contributed by atoms with Gasteiger partial charge in [-0.05, 0) is 24.6 Å². The van der Waals surface area contributed by atoms with Crippen molar-refractivity contribution in [1.29, 1.82) is 0 Å². The Bertz CT molecular complexity index is 575. The molecule has 0 aliphatic rings. The zero-order chi connectivity index (χ0) is 13.1. The summed E-state index contributed by atoms with van der Waals surface area (Å²) in [5.74, 6) is 1.21. The van der Waals surface area contributed by atoms with E-state index in [4.69, 9.17) is 26.8 Å². The minimum atomic E-state index is 0.0770. The monoisotopic (exact) mass is 265 g/mol. The van der Waals surface area contributed by atoms with E-state index in [0.29, 0.717) is 16.7 Å². The maximum absolute atomic E-state index is 6.03. The summed E-state index contributed by atoms with van der Waals surface area (Å²) in [6.45, 7) is 1.94. The van der Waals surface area contributed by atoms with Crippen LogP contribution < -0.4 is 15.2 Å². The van der Waals surface area contributed by atoms with Crippen LogP contribution in [0.25, 0.3) is 0 Å². The lowest BCUT2D eigenvalue weighted by atomic mass is 10.2. The number of rotatable bonds is 3. The highest BCUT2D eigenvalue weighted by Crippen LogP contribution is 2.30. The number of hydrogen-bond donors (Lipinski definition) is 1. The van der Waals surface area contributed by atoms with Crippen molar-refractivity contribution in [3.63, 3.8) is 0 Å². The number of nitrogens with zero attached hydrogens (tertiary/aromatic N) is 2. The Morgan fingerprint density at radius 2 is 1.89 bits per heavy atom. The Morgan fingerprint density at radius 1 is 1.17 bits per heavy atom. The van der Waals surface area contributed by atoms with Crippen molar-refractivity contribution in [2.75, 3.05) is 12.8 Å². The van der Waals surface area contributed by atoms with Gasteiger partial charge in [-0.15, -0.1) is 0 Å². The van der Waals surface area contributed by atoms with E-state index < -0.39 is 0 Å². The van der Waals surface area contributed by atoms with Gasteiger partial charge in [-0.2, -0.15) is 9.97 Å². The van der Waals surface area contributed by atoms with Crippen molar-refractivity contribution in [1.82, 2.24) is 9.97 Å². The highest BCUT2D eigenvalue weighted by atomic mass is 35.5. The molecule has 0 fully saturated rings. The molecule has 94 valence electrons. The molecule has 0 unspecified atom stereocenters. The minimum Gasteiger partial charge on any atom is -0.481 e. The largest absolute Gasteiger partial charge is 0.481 e. The lowest BCUT2D eigenvalue weighted by molar-refractivity contribution is 0.389. The summed E-state index contributed by atoms with van der Waals surface area (Å²) >= 11 is 6.03. The van der Waals surface area contributed by atoms with Crippen LogP contribution in [0.2, 0.25) is 5.02 Å². The Balaban J connectivity index is 2.33. The number of nitrogens with two attached hydrogens (primary N) is 1. The van der Waals surface area contributed by atoms with Crippen LogP contribution in [0.4, 0.5) is 5.95 Å². The quantitative estimate of drug-likeness (QED) is 0.924. The third-order valence-electron chi connectivity index (χ3n) is 2.21. The van der Waals surface area contributed by atoms with E-state index in [1.54, 1.807) is 6.07 Å². The Hall–Kier alpha value is -2.01. The molecule has 2 rings (SSSR count). The molecule has 0 spiro atoms. The molecule has 2 N–H and O–H groups in total. The SMILES string of the molecule is COc1cc(Oc2cc(C)ccc2Cl)nc(N)n1. The summed E-state index contributed by atoms with van der Waals surface area (Å²) in [4.78, 5) is 7.82. The molecule has 5 nitrogen and oxygen atoms in total. The second-order valence-electron chi connectivity index (χ2n) is 3.64. The van der Waals surface area contributed by atoms with Gasteiger partial charge in [-0.3, -0.25) is 0 Å². The molecular formula is C12H12ClN3O2. The molecule has 0 atom stereocenters. The van der Waals surface area contributed by atoms with Gasteiger partial charge in [0.15, 0.2) is 0 Å². The molecule has 0 saturated carbocycles. The molecule has 1 aromatic heterocycles. The van der Waals surface area contributed by atoms with E-state index in [0.717, 1.165) is 5.56 Å². The van der Waals surface area contributed by atoms with Crippen molar-refractivity contribution in [2.24, 2.45) is 0 Å². The van der Waals surface area contributed by atoms with E-state index in [1.807, 2.05) is 19.1 Å². The normalized spacial score (nSPS) is 10.2. The number of anilines is 1. The van der Waals surface area contributed by atoms with E-state index in [1.165, 1.54) is 13.2 Å². The van der Waals surface area contributed by atoms with Crippen molar-refractivity contribution in [3.8, 4) is 17.5 Å². The zero-order valence-electron chi connectivity index (χ0n) is 9.98. The second-order valence-corrected chi connectivity index (χ2v) is 4.05. The number of hydrogen-bond acceptors (Lipinski definition) is 5. The number of halogens is 1. The molecule has 18 heavy (non-hydrogen) atoms. The standard InChI is InChI=1S/C12H12ClN3O2/c1-7-3-4-8(13)9(5-7)18-11-6-10(17-2)15-12(14)16-11/h3-6H,1-2H3,(H2,14,15,16). The fourth-order valence-corrected chi connectivity index (χ4v) is 1.54. The average Bonchev–Trinajstić information content (AvgIpc) is 2.33. The molecule has 0 aliphatic carbocycles. The Morgan fingerprint density at radius 3 is 2.61 bits per heavy atom. The van der Waals surface area contributed by atoms with Crippen LogP contribution in [0, 0.1) is 6.92 Å². The highest BCUT2D eigenvalue weighted by molar-refractivity contribution is 6.32. The Labute approximate surface area is 110 Å². The van der Waals surface area contributed by atoms with Crippen LogP contribution in [0.5, 0.6) is 17.5 Å². The number of benzene rings is 1. The topological polar surface area (TPSA) is 70.3 Å². The van der Waals surface area contributed by atoms with E-state index in [2.05, 4.69) is 9.97 Å². The lowest BCUT2D eigenvalue weighted by Gasteiger charge is -2.08. The van der Waals surface area contributed by atoms with E-state index in [-0.39, 0.29) is 11.8 Å². The van der Waals surface area contributed by atoms with Crippen LogP contribution in [0.3, 0.4) is 0 Å². The van der Waals surface area contributed by atoms with Crippen LogP contribution in [0.15, 0.2) is 24.3 Å². The summed E-state index contributed by atoms with van der Waals surface area (Å²) in [5, 5.41) is 0.497. The average molecular weight is 266 g/mol. The van der Waals surface area contributed by atoms with Crippen molar-refractivity contribution in [2.45, 2.75) is 6.92 Å². The third-order valence-corrected chi connectivity index (χ3v) is 2.52. The zero-order valence-corrected chi connectivity index (χ0v) is 10.7. The summed E-state index contributed by atoms with van der Waals surface area (Å²) in [5.41, 5.74) is 6.57. The second kappa shape index (κ2) is 5.10. The first-order valence-corrected chi connectivity index (χ1v) is 5.59. The summed E-state index contributed by atoms with van der Waals surface area (Å²) < 4.78 is 10.6. The van der Waals surface area contributed by atoms with Crippen molar-refractivity contribution in [3.05, 3.63) is 34.9 Å². The van der Waals surface area contributed by atoms with Crippen molar-refractivity contribution >= 4 is 17.5 Å². The number of aromatic nitrogens is 2. The fraction of sp³-hybridized carbons (Fsp3) is 0.167. The summed E-state index contributed by atoms with van der Waals surface area (Å²) in [6, 6.07) is 7.00. The van der Waals surface area contributed by atoms with Gasteiger partial charge in [0.25, 0.3) is 0 Å². The first kappa shape index (κ1) is 12.4. The molecule has 1 aromatic carbocycles. The number of methoxy groups -OCH3 is 1. The predicted molar refractivity (Wildman–Crippen MR) is 69.3 cm³/mol. The Kier molecular flexibility index (Phi) is 3.53. The van der Waals surface area contributed by atoms with Gasteiger partial charge in [-0.25, -0.2) is 0 Å². The molecule has 0 radical (unpaired) electrons. The van der Waals surface area contributed by atoms with Crippen molar-refractivity contribution < 1.29 is 9.47 Å². The van der Waals surface area contributed by atoms with E-state index >= 15 is 0 Å². The molecule has 1 heterocycles. The number of nitrogen functional groups attached to an aromatic ring is 1. The maximum Gasteiger partial charge on any atom is 0.227 e. The molecule has 0 amide bonds. The number of aryl methyl sites for hydroxylation is 1. The smallest absolute Gasteiger partial charge is 0.227 e. The summed E-state index contributed by atoms with van der Waals surface area (Å²) in [7, 11) is 1.49. The molecule has 2 aromatic rings. The highest BCUT2D eigenvalue weighted by Gasteiger charge is 2.08. The van der Waals surface area contributed by atoms with Gasteiger partial charge in [0.05, 0.1) is 18.2 Å². The number of ether oxygens (including phenoxy) is 2. The molecule has 6 heteroatoms. The van der Waals surface area contributed by atoms with Gasteiger partial charge >= 0.3 is 0 Å². The first-order chi connectivity index (χ1) is 8.58. The van der Waals surface area contributed by atoms with Gasteiger partial charge in [0, 0.05) is 0 Å². The third kappa shape index (κ3) is 2.81. The van der Waals surface area contributed by atoms with Crippen LogP contribution in [-0.2, 0) is 0 Å². The van der Waals surface area contributed by atoms with Crippen LogP contribution in [-0.4, -0.2) is 17.1 Å². The molecule has 0 saturated heterocycles. The molecule has 0 bridgehead atoms. The van der Waals surface area contributed by atoms with Gasteiger partial charge < -0.3 is 15.2 Å². The van der Waals surface area contributed by atoms with Gasteiger partial charge in [0.1, 0.15) is 5.75 Å². The minimum absolute atomic E-state index is 0.0770. The van der Waals surface area contributed by atoms with Crippen LogP contribution >= 0.6 is 11.6 Å². The first-order valence-electron chi connectivity index (χ1n) is 5.21. The maximum atomic E-state index is 6.03. The molecule has 0 aliphatic heterocycles. The van der Waals surface area contributed by atoms with E-state index in [9.17, 15) is 0 Å². The van der Waals surface area contributed by atoms with Crippen LogP contribution in [0.1, 0.15) is 5.56 Å². The fourth-order valence-electron chi connectivity index (χ4n) is 1.38. The summed E-state index contributed by atoms with van der Waals surface area (Å²) in [6.07, 6.45) is 0.